The van der Waals surface area contributed by atoms with Crippen LogP contribution in [0.15, 0.2) is 24.3 Å². The molecule has 0 saturated heterocycles. The van der Waals surface area contributed by atoms with Gasteiger partial charge in [-0.3, -0.25) is 9.48 Å². The number of hydrogen-bond donors (Lipinski definition) is 2. The Bertz CT molecular complexity index is 641. The van der Waals surface area contributed by atoms with Crippen LogP contribution in [-0.2, 0) is 13.6 Å². The minimum Gasteiger partial charge on any atom is -0.395 e. The number of anilines is 1. The van der Waals surface area contributed by atoms with Crippen molar-refractivity contribution in [3.05, 3.63) is 46.8 Å². The zero-order valence-electron chi connectivity index (χ0n) is 13.0. The van der Waals surface area contributed by atoms with Crippen LogP contribution in [0.3, 0.4) is 0 Å². The summed E-state index contributed by atoms with van der Waals surface area (Å²) in [6.45, 7) is 6.58. The molecular formula is C16H22N4O. The number of amides is 1. The molecule has 0 aliphatic rings. The van der Waals surface area contributed by atoms with E-state index in [-0.39, 0.29) is 5.91 Å². The number of aryl methyl sites for hydroxylation is 2. The molecule has 1 heterocycles. The Morgan fingerprint density at radius 3 is 2.43 bits per heavy atom. The molecule has 0 fully saturated rings. The molecule has 1 aromatic heterocycles. The number of rotatable bonds is 4. The number of benzene rings is 1. The Morgan fingerprint density at radius 2 is 1.95 bits per heavy atom. The Balaban J connectivity index is 2.04. The highest BCUT2D eigenvalue weighted by molar-refractivity contribution is 5.97. The Hall–Kier alpha value is -2.30. The van der Waals surface area contributed by atoms with Crippen molar-refractivity contribution >= 4 is 11.6 Å². The maximum Gasteiger partial charge on any atom is 0.271 e. The molecule has 5 nitrogen and oxygen atoms in total. The van der Waals surface area contributed by atoms with E-state index in [9.17, 15) is 4.79 Å². The van der Waals surface area contributed by atoms with E-state index >= 15 is 0 Å². The lowest BCUT2D eigenvalue weighted by molar-refractivity contribution is 0.0942. The van der Waals surface area contributed by atoms with E-state index in [0.29, 0.717) is 29.5 Å². The smallest absolute Gasteiger partial charge is 0.271 e. The molecule has 0 bridgehead atoms. The summed E-state index contributed by atoms with van der Waals surface area (Å²) >= 11 is 0. The van der Waals surface area contributed by atoms with Crippen molar-refractivity contribution in [3.63, 3.8) is 0 Å². The topological polar surface area (TPSA) is 72.9 Å². The molecule has 1 aromatic carbocycles. The predicted molar refractivity (Wildman–Crippen MR) is 84.1 cm³/mol. The number of nitrogens with one attached hydrogen (secondary N) is 1. The third kappa shape index (κ3) is 3.24. The number of carbonyl (C=O) groups is 1. The first-order valence-electron chi connectivity index (χ1n) is 7.06. The largest absolute Gasteiger partial charge is 0.395 e. The standard InChI is InChI=1S/C16H22N4O/c1-10(2)13-7-5-12(6-8-13)9-18-16(21)15-14(17)11(3)19-20(15)4/h5-8,10H,9,17H2,1-4H3,(H,18,21). The molecule has 0 radical (unpaired) electrons. The van der Waals surface area contributed by atoms with Gasteiger partial charge in [0.05, 0.1) is 11.4 Å². The van der Waals surface area contributed by atoms with Crippen LogP contribution in [0.25, 0.3) is 0 Å². The second-order valence-corrected chi connectivity index (χ2v) is 5.55. The average molecular weight is 286 g/mol. The third-order valence-electron chi connectivity index (χ3n) is 3.58. The molecule has 21 heavy (non-hydrogen) atoms. The normalized spacial score (nSPS) is 10.9. The fraction of sp³-hybridized carbons (Fsp3) is 0.375. The quantitative estimate of drug-likeness (QED) is 0.906. The van der Waals surface area contributed by atoms with Gasteiger partial charge >= 0.3 is 0 Å². The van der Waals surface area contributed by atoms with Gasteiger partial charge in [0.1, 0.15) is 5.69 Å². The molecule has 2 rings (SSSR count). The molecular weight excluding hydrogens is 264 g/mol. The van der Waals surface area contributed by atoms with Gasteiger partial charge in [-0.25, -0.2) is 0 Å². The number of hydrogen-bond acceptors (Lipinski definition) is 3. The Morgan fingerprint density at radius 1 is 1.33 bits per heavy atom. The van der Waals surface area contributed by atoms with E-state index in [0.717, 1.165) is 5.56 Å². The Labute approximate surface area is 125 Å². The van der Waals surface area contributed by atoms with Crippen molar-refractivity contribution in [3.8, 4) is 0 Å². The van der Waals surface area contributed by atoms with Crippen LogP contribution in [0, 0.1) is 6.92 Å². The molecule has 1 amide bonds. The van der Waals surface area contributed by atoms with Gasteiger partial charge in [0.15, 0.2) is 0 Å². The van der Waals surface area contributed by atoms with Crippen LogP contribution in [-0.4, -0.2) is 15.7 Å². The first kappa shape index (κ1) is 15.1. The maximum atomic E-state index is 12.2. The minimum absolute atomic E-state index is 0.205. The SMILES string of the molecule is Cc1nn(C)c(C(=O)NCc2ccc(C(C)C)cc2)c1N. The van der Waals surface area contributed by atoms with E-state index in [2.05, 4.69) is 36.4 Å². The molecule has 112 valence electrons. The summed E-state index contributed by atoms with van der Waals surface area (Å²) in [5, 5.41) is 7.03. The average Bonchev–Trinajstić information content (AvgIpc) is 2.70. The van der Waals surface area contributed by atoms with Crippen LogP contribution in [0.2, 0.25) is 0 Å². The van der Waals surface area contributed by atoms with E-state index < -0.39 is 0 Å². The summed E-state index contributed by atoms with van der Waals surface area (Å²) < 4.78 is 1.52. The third-order valence-corrected chi connectivity index (χ3v) is 3.58. The van der Waals surface area contributed by atoms with Gasteiger partial charge in [0.2, 0.25) is 0 Å². The number of carbonyl (C=O) groups excluding carboxylic acids is 1. The molecule has 0 unspecified atom stereocenters. The summed E-state index contributed by atoms with van der Waals surface area (Å²) in [7, 11) is 1.72. The lowest BCUT2D eigenvalue weighted by atomic mass is 10.0. The molecule has 5 heteroatoms. The highest BCUT2D eigenvalue weighted by atomic mass is 16.2. The van der Waals surface area contributed by atoms with Gasteiger partial charge in [-0.2, -0.15) is 5.10 Å². The van der Waals surface area contributed by atoms with Gasteiger partial charge in [-0.1, -0.05) is 38.1 Å². The number of nitrogen functional groups attached to an aromatic ring is 1. The van der Waals surface area contributed by atoms with Crippen molar-refractivity contribution < 1.29 is 4.79 Å². The highest BCUT2D eigenvalue weighted by Crippen LogP contribution is 2.16. The molecule has 2 aromatic rings. The van der Waals surface area contributed by atoms with Crippen molar-refractivity contribution in [1.29, 1.82) is 0 Å². The maximum absolute atomic E-state index is 12.2. The van der Waals surface area contributed by atoms with Crippen molar-refractivity contribution in [2.75, 3.05) is 5.73 Å². The molecule has 0 spiro atoms. The summed E-state index contributed by atoms with van der Waals surface area (Å²) in [6.07, 6.45) is 0. The predicted octanol–water partition coefficient (Wildman–Crippen LogP) is 2.36. The molecule has 3 N–H and O–H groups in total. The second kappa shape index (κ2) is 5.99. The van der Waals surface area contributed by atoms with Gasteiger partial charge < -0.3 is 11.1 Å². The van der Waals surface area contributed by atoms with Crippen LogP contribution in [0.5, 0.6) is 0 Å². The van der Waals surface area contributed by atoms with Gasteiger partial charge in [0.25, 0.3) is 5.91 Å². The molecule has 0 atom stereocenters. The van der Waals surface area contributed by atoms with Gasteiger partial charge in [-0.05, 0) is 24.0 Å². The van der Waals surface area contributed by atoms with E-state index in [1.54, 1.807) is 14.0 Å². The van der Waals surface area contributed by atoms with E-state index in [1.807, 2.05) is 12.1 Å². The van der Waals surface area contributed by atoms with Gasteiger partial charge in [-0.15, -0.1) is 0 Å². The minimum atomic E-state index is -0.205. The molecule has 0 saturated carbocycles. The van der Waals surface area contributed by atoms with E-state index in [1.165, 1.54) is 10.2 Å². The summed E-state index contributed by atoms with van der Waals surface area (Å²) in [5.74, 6) is 0.300. The van der Waals surface area contributed by atoms with Crippen LogP contribution < -0.4 is 11.1 Å². The fourth-order valence-electron chi connectivity index (χ4n) is 2.23. The molecule has 0 aliphatic carbocycles. The first-order chi connectivity index (χ1) is 9.90. The number of nitrogens with two attached hydrogens (primary N) is 1. The lowest BCUT2D eigenvalue weighted by Gasteiger charge is -2.09. The zero-order valence-corrected chi connectivity index (χ0v) is 13.0. The number of aromatic nitrogens is 2. The van der Waals surface area contributed by atoms with Crippen LogP contribution in [0.1, 0.15) is 47.1 Å². The van der Waals surface area contributed by atoms with Crippen molar-refractivity contribution in [2.45, 2.75) is 33.2 Å². The van der Waals surface area contributed by atoms with Crippen molar-refractivity contribution in [1.82, 2.24) is 15.1 Å². The second-order valence-electron chi connectivity index (χ2n) is 5.55. The fourth-order valence-corrected chi connectivity index (χ4v) is 2.23. The van der Waals surface area contributed by atoms with Gasteiger partial charge in [0, 0.05) is 13.6 Å². The molecule has 0 aliphatic heterocycles. The van der Waals surface area contributed by atoms with Crippen LogP contribution >= 0.6 is 0 Å². The summed E-state index contributed by atoms with van der Waals surface area (Å²) in [4.78, 5) is 12.2. The van der Waals surface area contributed by atoms with E-state index in [4.69, 9.17) is 5.73 Å². The summed E-state index contributed by atoms with van der Waals surface area (Å²) in [5.41, 5.74) is 9.75. The number of nitrogens with zero attached hydrogens (tertiary/aromatic N) is 2. The van der Waals surface area contributed by atoms with Crippen LogP contribution in [0.4, 0.5) is 5.69 Å². The van der Waals surface area contributed by atoms with Crippen molar-refractivity contribution in [2.24, 2.45) is 7.05 Å². The summed E-state index contributed by atoms with van der Waals surface area (Å²) in [6, 6.07) is 8.25. The monoisotopic (exact) mass is 286 g/mol. The highest BCUT2D eigenvalue weighted by Gasteiger charge is 2.17. The first-order valence-corrected chi connectivity index (χ1v) is 7.06. The Kier molecular flexibility index (Phi) is 4.31. The lowest BCUT2D eigenvalue weighted by Crippen LogP contribution is -2.26. The zero-order chi connectivity index (χ0) is 15.6.